The molecular formula is C14H25IN4. The Morgan fingerprint density at radius 3 is 2.26 bits per heavy atom. The van der Waals surface area contributed by atoms with Gasteiger partial charge in [-0.3, -0.25) is 0 Å². The van der Waals surface area contributed by atoms with Gasteiger partial charge in [0.2, 0.25) is 5.95 Å². The van der Waals surface area contributed by atoms with E-state index < -0.39 is 0 Å². The number of aromatic nitrogens is 2. The van der Waals surface area contributed by atoms with E-state index in [2.05, 4.69) is 67.4 Å². The van der Waals surface area contributed by atoms with E-state index in [9.17, 15) is 0 Å². The second-order valence-electron chi connectivity index (χ2n) is 4.83. The van der Waals surface area contributed by atoms with Gasteiger partial charge < -0.3 is 10.2 Å². The Kier molecular flexibility index (Phi) is 6.82. The van der Waals surface area contributed by atoms with Gasteiger partial charge in [0.25, 0.3) is 0 Å². The number of nitrogens with zero attached hydrogens (tertiary/aromatic N) is 3. The zero-order valence-electron chi connectivity index (χ0n) is 12.6. The van der Waals surface area contributed by atoms with E-state index in [1.54, 1.807) is 0 Å². The van der Waals surface area contributed by atoms with Gasteiger partial charge in [0.05, 0.1) is 9.26 Å². The molecule has 0 bridgehead atoms. The molecule has 0 aliphatic rings. The molecule has 108 valence electrons. The largest absolute Gasteiger partial charge is 0.369 e. The molecule has 0 atom stereocenters. The van der Waals surface area contributed by atoms with Crippen molar-refractivity contribution >= 4 is 34.4 Å². The highest BCUT2D eigenvalue weighted by atomic mass is 127. The minimum absolute atomic E-state index is 0.409. The fourth-order valence-corrected chi connectivity index (χ4v) is 2.90. The van der Waals surface area contributed by atoms with Crippen molar-refractivity contribution in [3.63, 3.8) is 0 Å². The van der Waals surface area contributed by atoms with Crippen LogP contribution >= 0.6 is 22.6 Å². The lowest BCUT2D eigenvalue weighted by molar-refractivity contribution is 0.767. The predicted octanol–water partition coefficient (Wildman–Crippen LogP) is 3.87. The normalized spacial score (nSPS) is 10.9. The number of nitrogens with one attached hydrogen (secondary N) is 1. The predicted molar refractivity (Wildman–Crippen MR) is 91.2 cm³/mol. The quantitative estimate of drug-likeness (QED) is 0.734. The van der Waals surface area contributed by atoms with E-state index in [1.807, 2.05) is 0 Å². The van der Waals surface area contributed by atoms with Crippen molar-refractivity contribution in [1.29, 1.82) is 0 Å². The Bertz CT molecular complexity index is 403. The molecule has 0 unspecified atom stereocenters. The summed E-state index contributed by atoms with van der Waals surface area (Å²) in [5.41, 5.74) is 1.14. The number of rotatable bonds is 7. The van der Waals surface area contributed by atoms with Crippen LogP contribution in [0.5, 0.6) is 0 Å². The molecule has 4 nitrogen and oxygen atoms in total. The molecule has 1 N–H and O–H groups in total. The summed E-state index contributed by atoms with van der Waals surface area (Å²) in [4.78, 5) is 11.6. The third-order valence-electron chi connectivity index (χ3n) is 3.00. The number of hydrogen-bond donors (Lipinski definition) is 1. The summed E-state index contributed by atoms with van der Waals surface area (Å²) in [5, 5.41) is 3.42. The van der Waals surface area contributed by atoms with Crippen LogP contribution < -0.4 is 10.2 Å². The van der Waals surface area contributed by atoms with Crippen LogP contribution in [0.25, 0.3) is 0 Å². The van der Waals surface area contributed by atoms with Gasteiger partial charge in [-0.15, -0.1) is 0 Å². The first-order valence-electron chi connectivity index (χ1n) is 7.11. The molecule has 0 amide bonds. The Hall–Kier alpha value is -0.590. The van der Waals surface area contributed by atoms with Gasteiger partial charge in [0.1, 0.15) is 5.82 Å². The van der Waals surface area contributed by atoms with Crippen LogP contribution in [0.4, 0.5) is 11.8 Å². The van der Waals surface area contributed by atoms with Crippen molar-refractivity contribution in [2.24, 2.45) is 0 Å². The number of hydrogen-bond acceptors (Lipinski definition) is 4. The molecular weight excluding hydrogens is 351 g/mol. The summed E-state index contributed by atoms with van der Waals surface area (Å²) in [5.74, 6) is 2.22. The van der Waals surface area contributed by atoms with E-state index in [0.717, 1.165) is 47.1 Å². The van der Waals surface area contributed by atoms with Crippen molar-refractivity contribution in [3.8, 4) is 0 Å². The van der Waals surface area contributed by atoms with Crippen LogP contribution in [-0.4, -0.2) is 29.6 Å². The summed E-state index contributed by atoms with van der Waals surface area (Å²) in [6.45, 7) is 13.6. The third kappa shape index (κ3) is 4.19. The number of halogens is 1. The molecule has 1 aromatic heterocycles. The molecule has 1 heterocycles. The Labute approximate surface area is 130 Å². The second kappa shape index (κ2) is 7.87. The summed E-state index contributed by atoms with van der Waals surface area (Å²) in [6, 6.07) is 0. The van der Waals surface area contributed by atoms with Crippen molar-refractivity contribution in [2.45, 2.75) is 47.0 Å². The highest BCUT2D eigenvalue weighted by Gasteiger charge is 2.16. The highest BCUT2D eigenvalue weighted by Crippen LogP contribution is 2.27. The van der Waals surface area contributed by atoms with Crippen molar-refractivity contribution < 1.29 is 0 Å². The monoisotopic (exact) mass is 376 g/mol. The van der Waals surface area contributed by atoms with Crippen LogP contribution in [0, 0.1) is 3.57 Å². The van der Waals surface area contributed by atoms with Crippen LogP contribution in [0.1, 0.15) is 52.7 Å². The first-order valence-corrected chi connectivity index (χ1v) is 8.19. The van der Waals surface area contributed by atoms with Crippen molar-refractivity contribution in [2.75, 3.05) is 29.9 Å². The summed E-state index contributed by atoms with van der Waals surface area (Å²) in [6.07, 6.45) is 1.09. The van der Waals surface area contributed by atoms with Crippen LogP contribution in [-0.2, 0) is 0 Å². The van der Waals surface area contributed by atoms with Gasteiger partial charge in [-0.25, -0.2) is 4.98 Å². The molecule has 0 radical (unpaired) electrons. The molecule has 1 aromatic rings. The zero-order chi connectivity index (χ0) is 14.4. The van der Waals surface area contributed by atoms with E-state index in [4.69, 9.17) is 9.97 Å². The fourth-order valence-electron chi connectivity index (χ4n) is 1.84. The van der Waals surface area contributed by atoms with E-state index in [1.165, 1.54) is 0 Å². The minimum atomic E-state index is 0.409. The van der Waals surface area contributed by atoms with Gasteiger partial charge >= 0.3 is 0 Å². The maximum Gasteiger partial charge on any atom is 0.227 e. The molecule has 0 aliphatic carbocycles. The average molecular weight is 376 g/mol. The van der Waals surface area contributed by atoms with Crippen molar-refractivity contribution in [1.82, 2.24) is 9.97 Å². The van der Waals surface area contributed by atoms with Crippen LogP contribution in [0.15, 0.2) is 0 Å². The molecule has 5 heteroatoms. The zero-order valence-corrected chi connectivity index (χ0v) is 14.8. The van der Waals surface area contributed by atoms with Gasteiger partial charge in [-0.1, -0.05) is 20.8 Å². The summed E-state index contributed by atoms with van der Waals surface area (Å²) < 4.78 is 1.15. The van der Waals surface area contributed by atoms with Crippen LogP contribution in [0.3, 0.4) is 0 Å². The van der Waals surface area contributed by atoms with Gasteiger partial charge in [-0.2, -0.15) is 4.98 Å². The SMILES string of the molecule is CCCNc1nc(N(CC)CC)nc(C(C)C)c1I. The maximum absolute atomic E-state index is 4.75. The Morgan fingerprint density at radius 1 is 1.16 bits per heavy atom. The van der Waals surface area contributed by atoms with Crippen molar-refractivity contribution in [3.05, 3.63) is 9.26 Å². The minimum Gasteiger partial charge on any atom is -0.369 e. The average Bonchev–Trinajstić information content (AvgIpc) is 2.39. The summed E-state index contributed by atoms with van der Waals surface area (Å²) >= 11 is 2.35. The third-order valence-corrected chi connectivity index (χ3v) is 4.06. The molecule has 0 aliphatic heterocycles. The fraction of sp³-hybridized carbons (Fsp3) is 0.714. The lowest BCUT2D eigenvalue weighted by Gasteiger charge is -2.22. The molecule has 1 rings (SSSR count). The van der Waals surface area contributed by atoms with Crippen LogP contribution in [0.2, 0.25) is 0 Å². The highest BCUT2D eigenvalue weighted by molar-refractivity contribution is 14.1. The lowest BCUT2D eigenvalue weighted by atomic mass is 10.1. The Morgan fingerprint density at radius 2 is 1.79 bits per heavy atom. The first kappa shape index (κ1) is 16.5. The topological polar surface area (TPSA) is 41.1 Å². The molecule has 0 aromatic carbocycles. The number of anilines is 2. The lowest BCUT2D eigenvalue weighted by Crippen LogP contribution is -2.25. The molecule has 0 fully saturated rings. The standard InChI is InChI=1S/C14H25IN4/c1-6-9-16-13-11(15)12(10(4)5)17-14(18-13)19(7-2)8-3/h10H,6-9H2,1-5H3,(H,16,17,18). The summed E-state index contributed by atoms with van der Waals surface area (Å²) in [7, 11) is 0. The first-order chi connectivity index (χ1) is 9.04. The van der Waals surface area contributed by atoms with Gasteiger partial charge in [-0.05, 0) is 48.8 Å². The van der Waals surface area contributed by atoms with E-state index in [-0.39, 0.29) is 0 Å². The molecule has 19 heavy (non-hydrogen) atoms. The Balaban J connectivity index is 3.21. The van der Waals surface area contributed by atoms with E-state index >= 15 is 0 Å². The molecule has 0 spiro atoms. The second-order valence-corrected chi connectivity index (χ2v) is 5.90. The van der Waals surface area contributed by atoms with Gasteiger partial charge in [0, 0.05) is 19.6 Å². The van der Waals surface area contributed by atoms with Gasteiger partial charge in [0.15, 0.2) is 0 Å². The molecule has 0 saturated carbocycles. The van der Waals surface area contributed by atoms with E-state index in [0.29, 0.717) is 5.92 Å². The molecule has 0 saturated heterocycles. The smallest absolute Gasteiger partial charge is 0.227 e. The maximum atomic E-state index is 4.75.